The van der Waals surface area contributed by atoms with Crippen molar-refractivity contribution in [3.05, 3.63) is 18.0 Å². The zero-order valence-corrected chi connectivity index (χ0v) is 15.8. The van der Waals surface area contributed by atoms with Gasteiger partial charge in [0.1, 0.15) is 11.6 Å². The van der Waals surface area contributed by atoms with Crippen molar-refractivity contribution in [2.75, 3.05) is 38.8 Å². The minimum Gasteiger partial charge on any atom is -0.493 e. The molecule has 0 radical (unpaired) electrons. The summed E-state index contributed by atoms with van der Waals surface area (Å²) >= 11 is 0. The van der Waals surface area contributed by atoms with Gasteiger partial charge >= 0.3 is 6.09 Å². The molecule has 8 heteroatoms. The van der Waals surface area contributed by atoms with Crippen molar-refractivity contribution >= 4 is 22.8 Å². The fraction of sp³-hybridized carbons (Fsp3) is 0.526. The second-order valence-corrected chi connectivity index (χ2v) is 7.18. The molecule has 1 aromatic carbocycles. The minimum absolute atomic E-state index is 0.0214. The molecule has 1 saturated heterocycles. The summed E-state index contributed by atoms with van der Waals surface area (Å²) in [5.41, 5.74) is 0.826. The molecule has 27 heavy (non-hydrogen) atoms. The number of aromatic nitrogens is 2. The van der Waals surface area contributed by atoms with Crippen LogP contribution in [0.1, 0.15) is 31.5 Å². The molecule has 1 unspecified atom stereocenters. The Bertz CT molecular complexity index is 884. The molecule has 1 amide bonds. The molecule has 1 aromatic heterocycles. The van der Waals surface area contributed by atoms with E-state index in [2.05, 4.69) is 4.90 Å². The molecular formula is C19H24N4O4. The Morgan fingerprint density at radius 1 is 1.15 bits per heavy atom. The summed E-state index contributed by atoms with van der Waals surface area (Å²) < 4.78 is 10.9. The highest BCUT2D eigenvalue weighted by Crippen LogP contribution is 2.42. The summed E-state index contributed by atoms with van der Waals surface area (Å²) in [4.78, 5) is 24.6. The molecule has 1 saturated carbocycles. The fourth-order valence-corrected chi connectivity index (χ4v) is 3.65. The highest BCUT2D eigenvalue weighted by Gasteiger charge is 2.32. The number of benzene rings is 1. The van der Waals surface area contributed by atoms with Crippen molar-refractivity contribution in [3.8, 4) is 11.5 Å². The standard InChI is InChI=1S/C19H24N4O4/c1-11-10-22(19(24)25)6-7-23(11)18-13-8-15(26-2)16(27-3)9-14(13)20-17(21-18)12-4-5-12/h8-9,11-12H,4-7,10H2,1-3H3,(H,24,25). The molecule has 1 N–H and O–H groups in total. The number of rotatable bonds is 4. The molecule has 2 aliphatic rings. The molecule has 2 aromatic rings. The summed E-state index contributed by atoms with van der Waals surface area (Å²) in [6, 6.07) is 3.83. The maximum atomic E-state index is 11.3. The van der Waals surface area contributed by atoms with Crippen LogP contribution in [-0.2, 0) is 0 Å². The summed E-state index contributed by atoms with van der Waals surface area (Å²) in [6.45, 7) is 3.53. The molecule has 0 spiro atoms. The van der Waals surface area contributed by atoms with Gasteiger partial charge in [0.25, 0.3) is 0 Å². The molecule has 1 aliphatic carbocycles. The van der Waals surface area contributed by atoms with E-state index in [9.17, 15) is 9.90 Å². The second-order valence-electron chi connectivity index (χ2n) is 7.18. The Labute approximate surface area is 157 Å². The predicted molar refractivity (Wildman–Crippen MR) is 101 cm³/mol. The number of hydrogen-bond acceptors (Lipinski definition) is 6. The van der Waals surface area contributed by atoms with Gasteiger partial charge in [0.15, 0.2) is 11.5 Å². The van der Waals surface area contributed by atoms with Gasteiger partial charge in [-0.3, -0.25) is 0 Å². The van der Waals surface area contributed by atoms with E-state index in [1.807, 2.05) is 19.1 Å². The number of fused-ring (bicyclic) bond motifs is 1. The number of hydrogen-bond donors (Lipinski definition) is 1. The smallest absolute Gasteiger partial charge is 0.407 e. The molecule has 1 aliphatic heterocycles. The van der Waals surface area contributed by atoms with E-state index in [0.717, 1.165) is 35.4 Å². The molecule has 4 rings (SSSR count). The van der Waals surface area contributed by atoms with Crippen molar-refractivity contribution in [1.29, 1.82) is 0 Å². The normalized spacial score (nSPS) is 20.0. The number of amides is 1. The van der Waals surface area contributed by atoms with Crippen LogP contribution < -0.4 is 14.4 Å². The topological polar surface area (TPSA) is 88.0 Å². The first-order valence-corrected chi connectivity index (χ1v) is 9.20. The number of carbonyl (C=O) groups is 1. The number of piperazine rings is 1. The Morgan fingerprint density at radius 3 is 2.44 bits per heavy atom. The van der Waals surface area contributed by atoms with E-state index in [-0.39, 0.29) is 6.04 Å². The maximum absolute atomic E-state index is 11.3. The summed E-state index contributed by atoms with van der Waals surface area (Å²) in [6.07, 6.45) is 1.35. The average molecular weight is 372 g/mol. The Hall–Kier alpha value is -2.77. The van der Waals surface area contributed by atoms with E-state index < -0.39 is 6.09 Å². The van der Waals surface area contributed by atoms with Gasteiger partial charge in [0.2, 0.25) is 0 Å². The number of carboxylic acid groups (broad SMARTS) is 1. The highest BCUT2D eigenvalue weighted by atomic mass is 16.5. The number of ether oxygens (including phenoxy) is 2. The second kappa shape index (κ2) is 6.75. The Morgan fingerprint density at radius 2 is 1.85 bits per heavy atom. The molecule has 2 heterocycles. The van der Waals surface area contributed by atoms with E-state index in [0.29, 0.717) is 37.1 Å². The van der Waals surface area contributed by atoms with Gasteiger partial charge in [0.05, 0.1) is 19.7 Å². The molecule has 0 bridgehead atoms. The Balaban J connectivity index is 1.81. The quantitative estimate of drug-likeness (QED) is 0.883. The van der Waals surface area contributed by atoms with Crippen LogP contribution in [0, 0.1) is 0 Å². The maximum Gasteiger partial charge on any atom is 0.407 e. The van der Waals surface area contributed by atoms with Gasteiger partial charge in [-0.1, -0.05) is 0 Å². The van der Waals surface area contributed by atoms with Crippen molar-refractivity contribution < 1.29 is 19.4 Å². The van der Waals surface area contributed by atoms with Gasteiger partial charge in [-0.25, -0.2) is 14.8 Å². The Kier molecular flexibility index (Phi) is 4.41. The molecule has 8 nitrogen and oxygen atoms in total. The average Bonchev–Trinajstić information content (AvgIpc) is 3.51. The fourth-order valence-electron chi connectivity index (χ4n) is 3.65. The number of anilines is 1. The van der Waals surface area contributed by atoms with Gasteiger partial charge in [0, 0.05) is 43.0 Å². The number of methoxy groups -OCH3 is 2. The minimum atomic E-state index is -0.876. The molecule has 2 fully saturated rings. The van der Waals surface area contributed by atoms with Crippen molar-refractivity contribution in [2.24, 2.45) is 0 Å². The van der Waals surface area contributed by atoms with Crippen LogP contribution in [0.5, 0.6) is 11.5 Å². The monoisotopic (exact) mass is 372 g/mol. The zero-order valence-electron chi connectivity index (χ0n) is 15.8. The van der Waals surface area contributed by atoms with Crippen LogP contribution in [0.15, 0.2) is 12.1 Å². The van der Waals surface area contributed by atoms with Crippen molar-refractivity contribution in [1.82, 2.24) is 14.9 Å². The first kappa shape index (κ1) is 17.6. The molecular weight excluding hydrogens is 348 g/mol. The van der Waals surface area contributed by atoms with Gasteiger partial charge < -0.3 is 24.4 Å². The van der Waals surface area contributed by atoms with Gasteiger partial charge in [-0.2, -0.15) is 0 Å². The first-order chi connectivity index (χ1) is 13.0. The van der Waals surface area contributed by atoms with E-state index in [1.165, 1.54) is 4.90 Å². The largest absolute Gasteiger partial charge is 0.493 e. The lowest BCUT2D eigenvalue weighted by Crippen LogP contribution is -2.53. The highest BCUT2D eigenvalue weighted by molar-refractivity contribution is 5.92. The predicted octanol–water partition coefficient (Wildman–Crippen LogP) is 2.71. The van der Waals surface area contributed by atoms with Gasteiger partial charge in [-0.05, 0) is 25.8 Å². The third kappa shape index (κ3) is 3.20. The van der Waals surface area contributed by atoms with Gasteiger partial charge in [-0.15, -0.1) is 0 Å². The summed E-state index contributed by atoms with van der Waals surface area (Å²) in [7, 11) is 3.22. The molecule has 144 valence electrons. The van der Waals surface area contributed by atoms with Crippen LogP contribution >= 0.6 is 0 Å². The van der Waals surface area contributed by atoms with Crippen LogP contribution in [0.4, 0.5) is 10.6 Å². The lowest BCUT2D eigenvalue weighted by molar-refractivity contribution is 0.136. The molecule has 1 atom stereocenters. The zero-order chi connectivity index (χ0) is 19.1. The third-order valence-electron chi connectivity index (χ3n) is 5.31. The third-order valence-corrected chi connectivity index (χ3v) is 5.31. The van der Waals surface area contributed by atoms with E-state index >= 15 is 0 Å². The first-order valence-electron chi connectivity index (χ1n) is 9.20. The van der Waals surface area contributed by atoms with Crippen LogP contribution in [0.25, 0.3) is 10.9 Å². The summed E-state index contributed by atoms with van der Waals surface area (Å²) in [5.74, 6) is 3.39. The van der Waals surface area contributed by atoms with Crippen LogP contribution in [0.2, 0.25) is 0 Å². The number of nitrogens with zero attached hydrogens (tertiary/aromatic N) is 4. The summed E-state index contributed by atoms with van der Waals surface area (Å²) in [5, 5.41) is 10.2. The van der Waals surface area contributed by atoms with Crippen molar-refractivity contribution in [2.45, 2.75) is 31.7 Å². The lowest BCUT2D eigenvalue weighted by Gasteiger charge is -2.39. The van der Waals surface area contributed by atoms with E-state index in [1.54, 1.807) is 14.2 Å². The van der Waals surface area contributed by atoms with Crippen molar-refractivity contribution in [3.63, 3.8) is 0 Å². The van der Waals surface area contributed by atoms with Crippen LogP contribution in [0.3, 0.4) is 0 Å². The van der Waals surface area contributed by atoms with E-state index in [4.69, 9.17) is 19.4 Å². The SMILES string of the molecule is COc1cc2nc(C3CC3)nc(N3CCN(C(=O)O)CC3C)c2cc1OC. The lowest BCUT2D eigenvalue weighted by atomic mass is 10.1. The van der Waals surface area contributed by atoms with Crippen LogP contribution in [-0.4, -0.2) is 66.0 Å².